The van der Waals surface area contributed by atoms with E-state index in [4.69, 9.17) is 11.6 Å². The van der Waals surface area contributed by atoms with E-state index in [1.807, 2.05) is 26.0 Å². The summed E-state index contributed by atoms with van der Waals surface area (Å²) in [5.41, 5.74) is 2.83. The van der Waals surface area contributed by atoms with E-state index < -0.39 is 22.5 Å². The zero-order valence-corrected chi connectivity index (χ0v) is 17.7. The fourth-order valence-electron chi connectivity index (χ4n) is 2.76. The highest BCUT2D eigenvalue weighted by molar-refractivity contribution is 7.92. The van der Waals surface area contributed by atoms with Crippen molar-refractivity contribution in [3.8, 4) is 0 Å². The summed E-state index contributed by atoms with van der Waals surface area (Å²) in [4.78, 5) is 12.8. The molecule has 0 saturated carbocycles. The van der Waals surface area contributed by atoms with Gasteiger partial charge in [-0.1, -0.05) is 59.1 Å². The van der Waals surface area contributed by atoms with Crippen molar-refractivity contribution < 1.29 is 13.2 Å². The Hall–Kier alpha value is -2.83. The van der Waals surface area contributed by atoms with Gasteiger partial charge in [-0.3, -0.25) is 9.10 Å². The quantitative estimate of drug-likeness (QED) is 0.613. The Morgan fingerprint density at radius 2 is 1.45 bits per heavy atom. The number of nitrogens with one attached hydrogen (secondary N) is 1. The molecule has 0 fully saturated rings. The largest absolute Gasteiger partial charge is 0.325 e. The molecule has 0 aliphatic heterocycles. The van der Waals surface area contributed by atoms with E-state index in [1.165, 1.54) is 12.1 Å². The van der Waals surface area contributed by atoms with Crippen LogP contribution in [0.15, 0.2) is 77.7 Å². The average molecular weight is 429 g/mol. The van der Waals surface area contributed by atoms with Gasteiger partial charge in [0.25, 0.3) is 10.0 Å². The second kappa shape index (κ2) is 8.68. The fourth-order valence-corrected chi connectivity index (χ4v) is 4.49. The Labute approximate surface area is 176 Å². The van der Waals surface area contributed by atoms with Crippen LogP contribution in [0.2, 0.25) is 5.02 Å². The molecule has 3 rings (SSSR count). The number of aryl methyl sites for hydroxylation is 2. The summed E-state index contributed by atoms with van der Waals surface area (Å²) in [5.74, 6) is -0.468. The highest BCUT2D eigenvalue weighted by Gasteiger charge is 2.28. The zero-order chi connectivity index (χ0) is 21.0. The number of rotatable bonds is 6. The Balaban J connectivity index is 1.95. The molecule has 0 aromatic heterocycles. The molecule has 7 heteroatoms. The first kappa shape index (κ1) is 20.9. The third-order valence-electron chi connectivity index (χ3n) is 4.35. The van der Waals surface area contributed by atoms with Gasteiger partial charge in [-0.25, -0.2) is 8.42 Å². The maximum absolute atomic E-state index is 13.3. The van der Waals surface area contributed by atoms with Gasteiger partial charge in [0, 0.05) is 5.69 Å². The van der Waals surface area contributed by atoms with Crippen LogP contribution in [0, 0.1) is 13.8 Å². The number of hydrogen-bond acceptors (Lipinski definition) is 3. The van der Waals surface area contributed by atoms with Gasteiger partial charge in [-0.2, -0.15) is 0 Å². The molecule has 0 saturated heterocycles. The number of benzene rings is 3. The average Bonchev–Trinajstić information content (AvgIpc) is 2.69. The number of anilines is 2. The first-order valence-corrected chi connectivity index (χ1v) is 10.8. The van der Waals surface area contributed by atoms with Gasteiger partial charge in [0.15, 0.2) is 0 Å². The normalized spacial score (nSPS) is 11.1. The number of halogens is 1. The van der Waals surface area contributed by atoms with Crippen LogP contribution in [0.3, 0.4) is 0 Å². The molecular formula is C22H21ClN2O3S. The summed E-state index contributed by atoms with van der Waals surface area (Å²) in [6, 6.07) is 20.3. The number of para-hydroxylation sites is 1. The van der Waals surface area contributed by atoms with Crippen molar-refractivity contribution in [1.82, 2.24) is 0 Å². The van der Waals surface area contributed by atoms with Gasteiger partial charge >= 0.3 is 0 Å². The number of carbonyl (C=O) groups excluding carboxylic acids is 1. The van der Waals surface area contributed by atoms with Crippen LogP contribution >= 0.6 is 11.6 Å². The molecule has 3 aromatic rings. The van der Waals surface area contributed by atoms with E-state index in [0.29, 0.717) is 5.69 Å². The molecule has 0 spiro atoms. The molecule has 0 unspecified atom stereocenters. The molecule has 150 valence electrons. The van der Waals surface area contributed by atoms with Crippen molar-refractivity contribution in [3.63, 3.8) is 0 Å². The second-order valence-electron chi connectivity index (χ2n) is 6.69. The van der Waals surface area contributed by atoms with Gasteiger partial charge in [0.2, 0.25) is 5.91 Å². The van der Waals surface area contributed by atoms with Crippen LogP contribution in [0.25, 0.3) is 0 Å². The summed E-state index contributed by atoms with van der Waals surface area (Å²) < 4.78 is 27.7. The smallest absolute Gasteiger partial charge is 0.264 e. The highest BCUT2D eigenvalue weighted by atomic mass is 35.5. The van der Waals surface area contributed by atoms with E-state index in [2.05, 4.69) is 5.32 Å². The van der Waals surface area contributed by atoms with Gasteiger partial charge in [-0.05, 0) is 50.2 Å². The van der Waals surface area contributed by atoms with Crippen LogP contribution in [-0.2, 0) is 14.8 Å². The second-order valence-corrected chi connectivity index (χ2v) is 8.96. The van der Waals surface area contributed by atoms with Crippen molar-refractivity contribution in [2.75, 3.05) is 16.2 Å². The van der Waals surface area contributed by atoms with Gasteiger partial charge in [-0.15, -0.1) is 0 Å². The Kier molecular flexibility index (Phi) is 6.25. The van der Waals surface area contributed by atoms with Crippen LogP contribution in [0.4, 0.5) is 11.4 Å². The number of hydrogen-bond donors (Lipinski definition) is 1. The van der Waals surface area contributed by atoms with Crippen molar-refractivity contribution in [2.24, 2.45) is 0 Å². The molecule has 5 nitrogen and oxygen atoms in total. The maximum Gasteiger partial charge on any atom is 0.264 e. The van der Waals surface area contributed by atoms with Crippen LogP contribution in [0.5, 0.6) is 0 Å². The van der Waals surface area contributed by atoms with Gasteiger partial charge < -0.3 is 5.32 Å². The lowest BCUT2D eigenvalue weighted by Gasteiger charge is -2.25. The Morgan fingerprint density at radius 3 is 2.03 bits per heavy atom. The first-order chi connectivity index (χ1) is 13.8. The highest BCUT2D eigenvalue weighted by Crippen LogP contribution is 2.30. The monoisotopic (exact) mass is 428 g/mol. The minimum atomic E-state index is -4.00. The van der Waals surface area contributed by atoms with E-state index >= 15 is 0 Å². The molecule has 29 heavy (non-hydrogen) atoms. The lowest BCUT2D eigenvalue weighted by Crippen LogP contribution is -2.38. The van der Waals surface area contributed by atoms with Crippen LogP contribution in [0.1, 0.15) is 11.1 Å². The topological polar surface area (TPSA) is 66.5 Å². The lowest BCUT2D eigenvalue weighted by molar-refractivity contribution is -0.114. The summed E-state index contributed by atoms with van der Waals surface area (Å²) >= 11 is 6.26. The zero-order valence-electron chi connectivity index (χ0n) is 16.1. The summed E-state index contributed by atoms with van der Waals surface area (Å²) in [6.45, 7) is 3.41. The third kappa shape index (κ3) is 4.96. The van der Waals surface area contributed by atoms with Gasteiger partial charge in [0.1, 0.15) is 6.54 Å². The minimum absolute atomic E-state index is 0.0890. The standard InChI is InChI=1S/C22H21ClN2O3S/c1-16-7-11-18(12-8-16)24-22(26)15-25(21-6-4-3-5-20(21)23)29(27,28)19-13-9-17(2)10-14-19/h3-14H,15H2,1-2H3,(H,24,26). The molecule has 0 aliphatic rings. The van der Waals surface area contributed by atoms with E-state index in [9.17, 15) is 13.2 Å². The van der Waals surface area contributed by atoms with Crippen molar-refractivity contribution in [1.29, 1.82) is 0 Å². The van der Waals surface area contributed by atoms with Crippen molar-refractivity contribution >= 4 is 38.9 Å². The molecule has 0 radical (unpaired) electrons. The third-order valence-corrected chi connectivity index (χ3v) is 6.45. The fraction of sp³-hybridized carbons (Fsp3) is 0.136. The van der Waals surface area contributed by atoms with E-state index in [-0.39, 0.29) is 15.6 Å². The molecule has 1 N–H and O–H groups in total. The maximum atomic E-state index is 13.3. The number of amides is 1. The van der Waals surface area contributed by atoms with E-state index in [0.717, 1.165) is 15.4 Å². The summed E-state index contributed by atoms with van der Waals surface area (Å²) in [7, 11) is -4.00. The molecule has 0 atom stereocenters. The SMILES string of the molecule is Cc1ccc(NC(=O)CN(c2ccccc2Cl)S(=O)(=O)c2ccc(C)cc2)cc1. The predicted octanol–water partition coefficient (Wildman–Crippen LogP) is 4.79. The molecule has 1 amide bonds. The van der Waals surface area contributed by atoms with Crippen LogP contribution in [-0.4, -0.2) is 20.9 Å². The minimum Gasteiger partial charge on any atom is -0.325 e. The number of carbonyl (C=O) groups is 1. The van der Waals surface area contributed by atoms with Crippen molar-refractivity contribution in [3.05, 3.63) is 88.9 Å². The predicted molar refractivity (Wildman–Crippen MR) is 117 cm³/mol. The Morgan fingerprint density at radius 1 is 0.897 bits per heavy atom. The van der Waals surface area contributed by atoms with E-state index in [1.54, 1.807) is 48.5 Å². The van der Waals surface area contributed by atoms with Gasteiger partial charge in [0.05, 0.1) is 15.6 Å². The lowest BCUT2D eigenvalue weighted by atomic mass is 10.2. The molecular weight excluding hydrogens is 408 g/mol. The number of nitrogens with zero attached hydrogens (tertiary/aromatic N) is 1. The molecule has 3 aromatic carbocycles. The molecule has 0 heterocycles. The first-order valence-electron chi connectivity index (χ1n) is 8.98. The van der Waals surface area contributed by atoms with Crippen molar-refractivity contribution in [2.45, 2.75) is 18.7 Å². The summed E-state index contributed by atoms with van der Waals surface area (Å²) in [6.07, 6.45) is 0. The summed E-state index contributed by atoms with van der Waals surface area (Å²) in [5, 5.41) is 2.98. The molecule has 0 aliphatic carbocycles. The van der Waals surface area contributed by atoms with Crippen LogP contribution < -0.4 is 9.62 Å². The molecule has 0 bridgehead atoms. The number of sulfonamides is 1. The Bertz CT molecular complexity index is 1110.